The van der Waals surface area contributed by atoms with E-state index in [0.29, 0.717) is 47.8 Å². The van der Waals surface area contributed by atoms with Crippen molar-refractivity contribution < 1.29 is 18.6 Å². The highest BCUT2D eigenvalue weighted by Gasteiger charge is 2.25. The summed E-state index contributed by atoms with van der Waals surface area (Å²) in [6.07, 6.45) is 0.885. The van der Waals surface area contributed by atoms with Crippen LogP contribution in [0.5, 0.6) is 5.75 Å². The van der Waals surface area contributed by atoms with E-state index in [0.717, 1.165) is 37.3 Å². The van der Waals surface area contributed by atoms with Gasteiger partial charge in [-0.3, -0.25) is 9.69 Å². The molecule has 10 heteroatoms. The molecule has 0 unspecified atom stereocenters. The first-order valence-electron chi connectivity index (χ1n) is 10.0. The number of hydrogen-bond donors (Lipinski definition) is 0. The molecule has 0 spiro atoms. The maximum Gasteiger partial charge on any atom is 0.267 e. The highest BCUT2D eigenvalue weighted by atomic mass is 32.1. The van der Waals surface area contributed by atoms with E-state index in [1.54, 1.807) is 0 Å². The molecule has 1 amide bonds. The molecule has 0 aliphatic carbocycles. The van der Waals surface area contributed by atoms with Gasteiger partial charge in [-0.05, 0) is 38.6 Å². The molecule has 9 nitrogen and oxygen atoms in total. The highest BCUT2D eigenvalue weighted by Crippen LogP contribution is 2.27. The molecule has 0 atom stereocenters. The second kappa shape index (κ2) is 8.97. The maximum absolute atomic E-state index is 13.0. The van der Waals surface area contributed by atoms with Crippen LogP contribution in [0.1, 0.15) is 40.3 Å². The minimum Gasteiger partial charge on any atom is -0.492 e. The summed E-state index contributed by atoms with van der Waals surface area (Å²) in [4.78, 5) is 22.3. The molecular weight excluding hydrogens is 406 g/mol. The van der Waals surface area contributed by atoms with Crippen LogP contribution in [0.2, 0.25) is 0 Å². The smallest absolute Gasteiger partial charge is 0.267 e. The van der Waals surface area contributed by atoms with E-state index < -0.39 is 0 Å². The Morgan fingerprint density at radius 3 is 2.83 bits per heavy atom. The van der Waals surface area contributed by atoms with E-state index in [4.69, 9.17) is 13.8 Å². The van der Waals surface area contributed by atoms with Crippen molar-refractivity contribution in [3.8, 4) is 17.2 Å². The Morgan fingerprint density at radius 1 is 1.20 bits per heavy atom. The third-order valence-electron chi connectivity index (χ3n) is 5.08. The quantitative estimate of drug-likeness (QED) is 0.587. The van der Waals surface area contributed by atoms with Crippen molar-refractivity contribution in [3.05, 3.63) is 33.6 Å². The molecule has 30 heavy (non-hydrogen) atoms. The average Bonchev–Trinajstić information content (AvgIpc) is 3.40. The van der Waals surface area contributed by atoms with Gasteiger partial charge in [0.2, 0.25) is 0 Å². The summed E-state index contributed by atoms with van der Waals surface area (Å²) in [6.45, 7) is 9.68. The zero-order valence-corrected chi connectivity index (χ0v) is 18.2. The lowest BCUT2D eigenvalue weighted by atomic mass is 10.2. The Balaban J connectivity index is 1.38. The second-order valence-corrected chi connectivity index (χ2v) is 8.10. The highest BCUT2D eigenvalue weighted by molar-refractivity contribution is 7.12. The number of aromatic nitrogens is 3. The Morgan fingerprint density at radius 2 is 2.07 bits per heavy atom. The largest absolute Gasteiger partial charge is 0.492 e. The van der Waals surface area contributed by atoms with Crippen molar-refractivity contribution in [2.24, 2.45) is 0 Å². The van der Waals surface area contributed by atoms with Crippen molar-refractivity contribution in [3.63, 3.8) is 0 Å². The Hall–Kier alpha value is -2.72. The standard InChI is InChI=1S/C20H25N5O4S/c1-4-27-15-6-11-30-18(15)20(26)25-8-5-7-24(9-10-25)12-16-21-19(29-23-16)17-13(2)22-28-14(17)3/h6,11H,4-5,7-10,12H2,1-3H3. The van der Waals surface area contributed by atoms with Crippen LogP contribution in [0.25, 0.3) is 11.5 Å². The van der Waals surface area contributed by atoms with Gasteiger partial charge in [0.1, 0.15) is 22.0 Å². The topological polar surface area (TPSA) is 97.7 Å². The molecule has 0 radical (unpaired) electrons. The van der Waals surface area contributed by atoms with Crippen molar-refractivity contribution in [1.82, 2.24) is 25.1 Å². The third-order valence-corrected chi connectivity index (χ3v) is 5.96. The fourth-order valence-electron chi connectivity index (χ4n) is 3.61. The van der Waals surface area contributed by atoms with E-state index in [1.165, 1.54) is 11.3 Å². The zero-order chi connectivity index (χ0) is 21.1. The summed E-state index contributed by atoms with van der Waals surface area (Å²) in [5.41, 5.74) is 1.48. The number of aryl methyl sites for hydroxylation is 2. The molecule has 4 heterocycles. The van der Waals surface area contributed by atoms with Crippen LogP contribution in [-0.4, -0.2) is 63.8 Å². The predicted molar refractivity (Wildman–Crippen MR) is 111 cm³/mol. The molecule has 0 aromatic carbocycles. The fourth-order valence-corrected chi connectivity index (χ4v) is 4.41. The van der Waals surface area contributed by atoms with Gasteiger partial charge in [-0.1, -0.05) is 10.3 Å². The SMILES string of the molecule is CCOc1ccsc1C(=O)N1CCCN(Cc2noc(-c3c(C)noc3C)n2)CC1. The van der Waals surface area contributed by atoms with Crippen molar-refractivity contribution in [2.75, 3.05) is 32.8 Å². The Labute approximate surface area is 178 Å². The Kier molecular flexibility index (Phi) is 6.14. The van der Waals surface area contributed by atoms with Gasteiger partial charge in [0, 0.05) is 26.2 Å². The number of hydrogen-bond acceptors (Lipinski definition) is 9. The van der Waals surface area contributed by atoms with Crippen molar-refractivity contribution in [2.45, 2.75) is 33.7 Å². The molecule has 1 saturated heterocycles. The monoisotopic (exact) mass is 431 g/mol. The lowest BCUT2D eigenvalue weighted by molar-refractivity contribution is 0.0762. The van der Waals surface area contributed by atoms with Gasteiger partial charge in [-0.25, -0.2) is 0 Å². The van der Waals surface area contributed by atoms with E-state index in [1.807, 2.05) is 37.1 Å². The summed E-state index contributed by atoms with van der Waals surface area (Å²) >= 11 is 1.43. The number of rotatable bonds is 6. The molecule has 0 N–H and O–H groups in total. The molecule has 1 aliphatic rings. The molecule has 4 rings (SSSR count). The van der Waals surface area contributed by atoms with Gasteiger partial charge >= 0.3 is 0 Å². The van der Waals surface area contributed by atoms with Crippen LogP contribution in [0.3, 0.4) is 0 Å². The number of thiophene rings is 1. The summed E-state index contributed by atoms with van der Waals surface area (Å²) in [5.74, 6) is 2.41. The molecule has 3 aromatic heterocycles. The molecule has 0 bridgehead atoms. The lowest BCUT2D eigenvalue weighted by Gasteiger charge is -2.21. The first kappa shape index (κ1) is 20.5. The number of ether oxygens (including phenoxy) is 1. The van der Waals surface area contributed by atoms with Crippen LogP contribution in [0, 0.1) is 13.8 Å². The summed E-state index contributed by atoms with van der Waals surface area (Å²) < 4.78 is 16.2. The van der Waals surface area contributed by atoms with Crippen LogP contribution in [0.15, 0.2) is 20.5 Å². The van der Waals surface area contributed by atoms with Crippen LogP contribution in [-0.2, 0) is 6.54 Å². The van der Waals surface area contributed by atoms with E-state index >= 15 is 0 Å². The minimum atomic E-state index is 0.0376. The van der Waals surface area contributed by atoms with Crippen LogP contribution in [0.4, 0.5) is 0 Å². The first-order chi connectivity index (χ1) is 14.6. The second-order valence-electron chi connectivity index (χ2n) is 7.18. The Bertz CT molecular complexity index is 991. The summed E-state index contributed by atoms with van der Waals surface area (Å²) in [7, 11) is 0. The molecule has 1 aliphatic heterocycles. The number of carbonyl (C=O) groups excluding carboxylic acids is 1. The van der Waals surface area contributed by atoms with Gasteiger partial charge in [0.05, 0.1) is 18.8 Å². The first-order valence-corrected chi connectivity index (χ1v) is 10.9. The van der Waals surface area contributed by atoms with Crippen LogP contribution >= 0.6 is 11.3 Å². The van der Waals surface area contributed by atoms with Gasteiger partial charge in [0.25, 0.3) is 11.8 Å². The molecule has 1 fully saturated rings. The van der Waals surface area contributed by atoms with Gasteiger partial charge in [-0.2, -0.15) is 4.98 Å². The summed E-state index contributed by atoms with van der Waals surface area (Å²) in [5, 5.41) is 9.95. The van der Waals surface area contributed by atoms with Crippen molar-refractivity contribution >= 4 is 17.2 Å². The minimum absolute atomic E-state index is 0.0376. The average molecular weight is 432 g/mol. The van der Waals surface area contributed by atoms with Gasteiger partial charge < -0.3 is 18.7 Å². The van der Waals surface area contributed by atoms with E-state index in [2.05, 4.69) is 20.2 Å². The predicted octanol–water partition coefficient (Wildman–Crippen LogP) is 3.15. The van der Waals surface area contributed by atoms with Gasteiger partial charge in [-0.15, -0.1) is 11.3 Å². The number of nitrogens with zero attached hydrogens (tertiary/aromatic N) is 5. The maximum atomic E-state index is 13.0. The lowest BCUT2D eigenvalue weighted by Crippen LogP contribution is -2.35. The third kappa shape index (κ3) is 4.24. The van der Waals surface area contributed by atoms with E-state index in [-0.39, 0.29) is 5.91 Å². The molecule has 0 saturated carbocycles. The normalized spacial score (nSPS) is 15.4. The van der Waals surface area contributed by atoms with Gasteiger partial charge in [0.15, 0.2) is 5.82 Å². The molecule has 160 valence electrons. The summed E-state index contributed by atoms with van der Waals surface area (Å²) in [6, 6.07) is 1.86. The van der Waals surface area contributed by atoms with Crippen LogP contribution < -0.4 is 4.74 Å². The molecular formula is C20H25N5O4S. The van der Waals surface area contributed by atoms with E-state index in [9.17, 15) is 4.79 Å². The van der Waals surface area contributed by atoms with Crippen molar-refractivity contribution in [1.29, 1.82) is 0 Å². The zero-order valence-electron chi connectivity index (χ0n) is 17.4. The fraction of sp³-hybridized carbons (Fsp3) is 0.500. The number of amides is 1. The molecule has 3 aromatic rings. The number of carbonyl (C=O) groups is 1.